The van der Waals surface area contributed by atoms with Crippen molar-refractivity contribution in [2.24, 2.45) is 0 Å². The van der Waals surface area contributed by atoms with Gasteiger partial charge < -0.3 is 0 Å². The average Bonchev–Trinajstić information content (AvgIpc) is 1.88. The van der Waals surface area contributed by atoms with Gasteiger partial charge in [0.25, 0.3) is 0 Å². The van der Waals surface area contributed by atoms with Crippen LogP contribution in [0.4, 0.5) is 0 Å². The standard InChI is InChI=1S/C6H15AsO4.Pb.2H/c1-4-9-7(8,10-5-2)11-6-3;;;/h4-6H2,1-3H3;;;. The molecule has 0 aliphatic heterocycles. The zero-order valence-corrected chi connectivity index (χ0v) is 15.3. The molecular weight excluding hydrogens is 418 g/mol. The zero-order chi connectivity index (χ0) is 8.74. The van der Waals surface area contributed by atoms with Crippen LogP contribution in [0.25, 0.3) is 0 Å². The summed E-state index contributed by atoms with van der Waals surface area (Å²) >= 11 is -3.83. The predicted molar refractivity (Wildman–Crippen MR) is 49.9 cm³/mol. The molecular formula is C6H17AsO4Pb. The summed E-state index contributed by atoms with van der Waals surface area (Å²) in [5, 5.41) is 0. The van der Waals surface area contributed by atoms with Gasteiger partial charge in [-0.15, -0.1) is 0 Å². The average molecular weight is 435 g/mol. The first-order valence-electron chi connectivity index (χ1n) is 3.72. The van der Waals surface area contributed by atoms with E-state index in [1.165, 1.54) is 0 Å². The van der Waals surface area contributed by atoms with Crippen LogP contribution in [-0.2, 0) is 14.9 Å². The summed E-state index contributed by atoms with van der Waals surface area (Å²) in [6.45, 7) is 6.34. The normalized spacial score (nSPS) is 10.9. The molecule has 0 aromatic rings. The molecule has 0 aromatic heterocycles. The first-order chi connectivity index (χ1) is 5.18. The Hall–Kier alpha value is 1.16. The molecule has 0 unspecified atom stereocenters. The summed E-state index contributed by atoms with van der Waals surface area (Å²) in [5.41, 5.74) is 0. The number of rotatable bonds is 6. The summed E-state index contributed by atoms with van der Waals surface area (Å²) in [4.78, 5) is 0. The van der Waals surface area contributed by atoms with E-state index in [4.69, 9.17) is 11.2 Å². The van der Waals surface area contributed by atoms with Crippen molar-refractivity contribution in [3.8, 4) is 0 Å². The minimum atomic E-state index is -3.83. The fourth-order valence-electron chi connectivity index (χ4n) is 0.586. The van der Waals surface area contributed by atoms with Gasteiger partial charge in [-0.05, 0) is 0 Å². The molecule has 4 nitrogen and oxygen atoms in total. The van der Waals surface area contributed by atoms with E-state index < -0.39 is 14.5 Å². The molecule has 0 saturated carbocycles. The van der Waals surface area contributed by atoms with E-state index in [0.29, 0.717) is 19.8 Å². The van der Waals surface area contributed by atoms with Crippen molar-refractivity contribution in [1.29, 1.82) is 0 Å². The predicted octanol–water partition coefficient (Wildman–Crippen LogP) is 0.0458. The molecule has 0 aliphatic rings. The van der Waals surface area contributed by atoms with Crippen LogP contribution in [0.5, 0.6) is 0 Å². The Morgan fingerprint density at radius 2 is 1.17 bits per heavy atom. The van der Waals surface area contributed by atoms with Crippen molar-refractivity contribution in [3.05, 3.63) is 0 Å². The van der Waals surface area contributed by atoms with Crippen LogP contribution in [0, 0.1) is 0 Å². The molecule has 0 aliphatic carbocycles. The van der Waals surface area contributed by atoms with Gasteiger partial charge in [0.2, 0.25) is 0 Å². The van der Waals surface area contributed by atoms with Gasteiger partial charge in [0, 0.05) is 0 Å². The van der Waals surface area contributed by atoms with Crippen LogP contribution in [0.1, 0.15) is 20.8 Å². The molecule has 0 fully saturated rings. The second-order valence-corrected chi connectivity index (χ2v) is 5.20. The molecule has 12 heavy (non-hydrogen) atoms. The fraction of sp³-hybridized carbons (Fsp3) is 1.00. The summed E-state index contributed by atoms with van der Waals surface area (Å²) in [6.07, 6.45) is 0. The van der Waals surface area contributed by atoms with Gasteiger partial charge >= 0.3 is 97.3 Å². The molecule has 0 spiro atoms. The number of hydrogen-bond donors (Lipinski definition) is 0. The van der Waals surface area contributed by atoms with E-state index in [1.54, 1.807) is 20.8 Å². The van der Waals surface area contributed by atoms with E-state index in [-0.39, 0.29) is 27.3 Å². The molecule has 0 saturated heterocycles. The molecule has 0 amide bonds. The Labute approximate surface area is 96.8 Å². The first-order valence-corrected chi connectivity index (χ1v) is 6.78. The molecule has 0 atom stereocenters. The van der Waals surface area contributed by atoms with E-state index in [2.05, 4.69) is 0 Å². The maximum atomic E-state index is 11.4. The molecule has 74 valence electrons. The molecule has 2 radical (unpaired) electrons. The first kappa shape index (κ1) is 15.6. The topological polar surface area (TPSA) is 44.8 Å². The van der Waals surface area contributed by atoms with E-state index >= 15 is 0 Å². The van der Waals surface area contributed by atoms with Crippen molar-refractivity contribution >= 4 is 41.8 Å². The van der Waals surface area contributed by atoms with Crippen LogP contribution in [0.3, 0.4) is 0 Å². The van der Waals surface area contributed by atoms with Crippen LogP contribution in [-0.4, -0.2) is 61.6 Å². The van der Waals surface area contributed by atoms with Crippen LogP contribution < -0.4 is 0 Å². The Morgan fingerprint density at radius 3 is 1.33 bits per heavy atom. The number of hydrogen-bond acceptors (Lipinski definition) is 4. The summed E-state index contributed by atoms with van der Waals surface area (Å²) in [7, 11) is 0. The van der Waals surface area contributed by atoms with E-state index in [0.717, 1.165) is 0 Å². The Bertz CT molecular complexity index is 118. The van der Waals surface area contributed by atoms with Crippen molar-refractivity contribution in [1.82, 2.24) is 0 Å². The minimum absolute atomic E-state index is 0. The summed E-state index contributed by atoms with van der Waals surface area (Å²) < 4.78 is 26.1. The van der Waals surface area contributed by atoms with Crippen molar-refractivity contribution in [3.63, 3.8) is 0 Å². The van der Waals surface area contributed by atoms with Crippen molar-refractivity contribution in [2.75, 3.05) is 19.8 Å². The molecule has 0 rings (SSSR count). The van der Waals surface area contributed by atoms with Gasteiger partial charge in [0.1, 0.15) is 0 Å². The molecule has 0 heterocycles. The summed E-state index contributed by atoms with van der Waals surface area (Å²) in [5.74, 6) is 0. The second kappa shape index (κ2) is 8.75. The quantitative estimate of drug-likeness (QED) is 0.554. The van der Waals surface area contributed by atoms with Gasteiger partial charge in [-0.25, -0.2) is 0 Å². The Balaban J connectivity index is 0. The van der Waals surface area contributed by atoms with Gasteiger partial charge in [-0.1, -0.05) is 0 Å². The fourth-order valence-corrected chi connectivity index (χ4v) is 3.05. The third-order valence-electron chi connectivity index (χ3n) is 0.862. The Morgan fingerprint density at radius 1 is 0.917 bits per heavy atom. The third kappa shape index (κ3) is 6.65. The molecule has 0 bridgehead atoms. The van der Waals surface area contributed by atoms with Gasteiger partial charge in [-0.2, -0.15) is 0 Å². The SMILES string of the molecule is CCO[As](=O)(OCC)OCC.[PbH2]. The molecule has 0 aromatic carbocycles. The van der Waals surface area contributed by atoms with Crippen LogP contribution in [0.2, 0.25) is 0 Å². The van der Waals surface area contributed by atoms with Crippen LogP contribution in [0.15, 0.2) is 0 Å². The molecule has 0 N–H and O–H groups in total. The monoisotopic (exact) mass is 436 g/mol. The molecule has 6 heteroatoms. The second-order valence-electron chi connectivity index (χ2n) is 1.70. The zero-order valence-electron chi connectivity index (χ0n) is 7.91. The third-order valence-corrected chi connectivity index (χ3v) is 4.48. The maximum absolute atomic E-state index is 11.4. The van der Waals surface area contributed by atoms with Gasteiger partial charge in [0.05, 0.1) is 0 Å². The van der Waals surface area contributed by atoms with Gasteiger partial charge in [0.15, 0.2) is 0 Å². The van der Waals surface area contributed by atoms with Crippen molar-refractivity contribution in [2.45, 2.75) is 20.8 Å². The summed E-state index contributed by atoms with van der Waals surface area (Å²) in [6, 6.07) is 0. The van der Waals surface area contributed by atoms with Crippen LogP contribution >= 0.6 is 0 Å². The van der Waals surface area contributed by atoms with E-state index in [1.807, 2.05) is 0 Å². The van der Waals surface area contributed by atoms with Gasteiger partial charge in [-0.3, -0.25) is 0 Å². The van der Waals surface area contributed by atoms with Crippen molar-refractivity contribution < 1.29 is 14.9 Å². The van der Waals surface area contributed by atoms with E-state index in [9.17, 15) is 3.74 Å². The Kier molecular flexibility index (Phi) is 11.4.